The molecule has 0 N–H and O–H groups in total. The summed E-state index contributed by atoms with van der Waals surface area (Å²) in [5.41, 5.74) is 1.60. The molecule has 0 bridgehead atoms. The molecule has 0 radical (unpaired) electrons. The molecule has 132 valence electrons. The van der Waals surface area contributed by atoms with E-state index in [0.717, 1.165) is 24.2 Å². The minimum Gasteiger partial charge on any atom is -0.497 e. The molecule has 0 spiro atoms. The van der Waals surface area contributed by atoms with Crippen molar-refractivity contribution >= 4 is 5.91 Å². The fraction of sp³-hybridized carbons (Fsp3) is 0.350. The lowest BCUT2D eigenvalue weighted by molar-refractivity contribution is 0.0726. The molecule has 3 rings (SSSR count). The Morgan fingerprint density at radius 3 is 2.16 bits per heavy atom. The number of benzene rings is 2. The van der Waals surface area contributed by atoms with Crippen LogP contribution in [0.3, 0.4) is 0 Å². The number of hydrogen-bond donors (Lipinski definition) is 0. The summed E-state index contributed by atoms with van der Waals surface area (Å²) < 4.78 is 15.8. The van der Waals surface area contributed by atoms with Crippen molar-refractivity contribution in [3.63, 3.8) is 0 Å². The Balaban J connectivity index is 1.86. The first-order valence-corrected chi connectivity index (χ1v) is 8.32. The van der Waals surface area contributed by atoms with Crippen LogP contribution < -0.4 is 14.2 Å². The summed E-state index contributed by atoms with van der Waals surface area (Å²) in [6.07, 6.45) is 2.07. The Labute approximate surface area is 148 Å². The molecule has 2 aromatic carbocycles. The zero-order chi connectivity index (χ0) is 17.8. The highest BCUT2D eigenvalue weighted by molar-refractivity contribution is 5.97. The van der Waals surface area contributed by atoms with Gasteiger partial charge >= 0.3 is 0 Å². The van der Waals surface area contributed by atoms with Crippen LogP contribution in [0.2, 0.25) is 0 Å². The maximum absolute atomic E-state index is 13.2. The molecule has 0 heterocycles. The molecule has 1 amide bonds. The average Bonchev–Trinajstić information content (AvgIpc) is 3.50. The summed E-state index contributed by atoms with van der Waals surface area (Å²) in [5.74, 6) is 1.98. The van der Waals surface area contributed by atoms with E-state index in [1.165, 1.54) is 0 Å². The highest BCUT2D eigenvalue weighted by Gasteiger charge is 2.34. The standard InChI is InChI=1S/C20H23NO4/c1-23-16-8-4-14(5-9-16)13-21(15-6-7-15)20(22)18-12-17(24-2)10-11-19(18)25-3/h4-5,8-12,15H,6-7,13H2,1-3H3. The van der Waals surface area contributed by atoms with Crippen LogP contribution in [0, 0.1) is 0 Å². The predicted molar refractivity (Wildman–Crippen MR) is 95.4 cm³/mol. The Bertz CT molecular complexity index is 738. The van der Waals surface area contributed by atoms with E-state index in [0.29, 0.717) is 23.6 Å². The van der Waals surface area contributed by atoms with Gasteiger partial charge < -0.3 is 19.1 Å². The lowest BCUT2D eigenvalue weighted by Gasteiger charge is -2.24. The molecule has 1 saturated carbocycles. The number of carbonyl (C=O) groups is 1. The van der Waals surface area contributed by atoms with Crippen LogP contribution in [0.1, 0.15) is 28.8 Å². The van der Waals surface area contributed by atoms with Crippen LogP contribution in [-0.4, -0.2) is 38.2 Å². The average molecular weight is 341 g/mol. The van der Waals surface area contributed by atoms with Gasteiger partial charge in [0.05, 0.1) is 26.9 Å². The molecule has 0 aliphatic heterocycles. The number of nitrogens with zero attached hydrogens (tertiary/aromatic N) is 1. The van der Waals surface area contributed by atoms with Crippen molar-refractivity contribution in [3.05, 3.63) is 53.6 Å². The first-order valence-electron chi connectivity index (χ1n) is 8.32. The van der Waals surface area contributed by atoms with E-state index in [-0.39, 0.29) is 11.9 Å². The number of amides is 1. The van der Waals surface area contributed by atoms with Crippen molar-refractivity contribution in [1.82, 2.24) is 4.90 Å². The van der Waals surface area contributed by atoms with E-state index >= 15 is 0 Å². The molecule has 0 unspecified atom stereocenters. The number of carbonyl (C=O) groups excluding carboxylic acids is 1. The smallest absolute Gasteiger partial charge is 0.258 e. The van der Waals surface area contributed by atoms with Crippen molar-refractivity contribution in [2.24, 2.45) is 0 Å². The Kier molecular flexibility index (Phi) is 5.12. The van der Waals surface area contributed by atoms with Gasteiger partial charge in [0.15, 0.2) is 0 Å². The summed E-state index contributed by atoms with van der Waals surface area (Å²) in [6.45, 7) is 0.563. The lowest BCUT2D eigenvalue weighted by Crippen LogP contribution is -2.32. The van der Waals surface area contributed by atoms with Crippen molar-refractivity contribution in [2.75, 3.05) is 21.3 Å². The number of methoxy groups -OCH3 is 3. The SMILES string of the molecule is COc1ccc(CN(C(=O)c2cc(OC)ccc2OC)C2CC2)cc1. The number of hydrogen-bond acceptors (Lipinski definition) is 4. The highest BCUT2D eigenvalue weighted by Crippen LogP contribution is 2.33. The second-order valence-electron chi connectivity index (χ2n) is 6.08. The molecule has 1 aliphatic rings. The highest BCUT2D eigenvalue weighted by atomic mass is 16.5. The van der Waals surface area contributed by atoms with Crippen LogP contribution in [0.15, 0.2) is 42.5 Å². The fourth-order valence-electron chi connectivity index (χ4n) is 2.82. The van der Waals surface area contributed by atoms with Crippen molar-refractivity contribution in [2.45, 2.75) is 25.4 Å². The zero-order valence-electron chi connectivity index (χ0n) is 14.8. The van der Waals surface area contributed by atoms with Crippen LogP contribution in [0.25, 0.3) is 0 Å². The summed E-state index contributed by atoms with van der Waals surface area (Å²) in [5, 5.41) is 0. The molecule has 2 aromatic rings. The maximum atomic E-state index is 13.2. The second-order valence-corrected chi connectivity index (χ2v) is 6.08. The van der Waals surface area contributed by atoms with Gasteiger partial charge in [-0.1, -0.05) is 12.1 Å². The fourth-order valence-corrected chi connectivity index (χ4v) is 2.82. The maximum Gasteiger partial charge on any atom is 0.258 e. The van der Waals surface area contributed by atoms with E-state index in [1.54, 1.807) is 39.5 Å². The quantitative estimate of drug-likeness (QED) is 0.773. The minimum atomic E-state index is -0.0333. The number of rotatable bonds is 7. The molecule has 1 fully saturated rings. The molecule has 0 aromatic heterocycles. The zero-order valence-corrected chi connectivity index (χ0v) is 14.8. The normalized spacial score (nSPS) is 13.2. The molecule has 0 saturated heterocycles. The van der Waals surface area contributed by atoms with E-state index in [1.807, 2.05) is 29.2 Å². The van der Waals surface area contributed by atoms with Crippen LogP contribution in [0.5, 0.6) is 17.2 Å². The van der Waals surface area contributed by atoms with Gasteiger partial charge in [0, 0.05) is 12.6 Å². The van der Waals surface area contributed by atoms with Gasteiger partial charge in [0.25, 0.3) is 5.91 Å². The van der Waals surface area contributed by atoms with Crippen LogP contribution >= 0.6 is 0 Å². The van der Waals surface area contributed by atoms with Gasteiger partial charge in [-0.3, -0.25) is 4.79 Å². The van der Waals surface area contributed by atoms with Crippen LogP contribution in [-0.2, 0) is 6.54 Å². The monoisotopic (exact) mass is 341 g/mol. The third kappa shape index (κ3) is 3.87. The van der Waals surface area contributed by atoms with E-state index in [2.05, 4.69) is 0 Å². The predicted octanol–water partition coefficient (Wildman–Crippen LogP) is 3.52. The van der Waals surface area contributed by atoms with Crippen molar-refractivity contribution in [1.29, 1.82) is 0 Å². The van der Waals surface area contributed by atoms with Gasteiger partial charge in [-0.25, -0.2) is 0 Å². The number of ether oxygens (including phenoxy) is 3. The van der Waals surface area contributed by atoms with Crippen molar-refractivity contribution in [3.8, 4) is 17.2 Å². The van der Waals surface area contributed by atoms with Gasteiger partial charge in [0.2, 0.25) is 0 Å². The molecule has 5 nitrogen and oxygen atoms in total. The van der Waals surface area contributed by atoms with E-state index in [4.69, 9.17) is 14.2 Å². The Morgan fingerprint density at radius 2 is 1.60 bits per heavy atom. The van der Waals surface area contributed by atoms with Gasteiger partial charge in [-0.15, -0.1) is 0 Å². The van der Waals surface area contributed by atoms with Gasteiger partial charge in [-0.2, -0.15) is 0 Å². The molecular weight excluding hydrogens is 318 g/mol. The third-order valence-electron chi connectivity index (χ3n) is 4.40. The first-order chi connectivity index (χ1) is 12.2. The first kappa shape index (κ1) is 17.1. The van der Waals surface area contributed by atoms with E-state index < -0.39 is 0 Å². The van der Waals surface area contributed by atoms with Crippen molar-refractivity contribution < 1.29 is 19.0 Å². The summed E-state index contributed by atoms with van der Waals surface area (Å²) in [6, 6.07) is 13.4. The van der Waals surface area contributed by atoms with Gasteiger partial charge in [0.1, 0.15) is 17.2 Å². The molecule has 0 atom stereocenters. The van der Waals surface area contributed by atoms with E-state index in [9.17, 15) is 4.79 Å². The third-order valence-corrected chi connectivity index (χ3v) is 4.40. The largest absolute Gasteiger partial charge is 0.497 e. The second kappa shape index (κ2) is 7.47. The molecule has 1 aliphatic carbocycles. The lowest BCUT2D eigenvalue weighted by atomic mass is 10.1. The van der Waals surface area contributed by atoms with Gasteiger partial charge in [-0.05, 0) is 48.7 Å². The summed E-state index contributed by atoms with van der Waals surface area (Å²) in [7, 11) is 4.81. The molecule has 5 heteroatoms. The molecular formula is C20H23NO4. The minimum absolute atomic E-state index is 0.0333. The topological polar surface area (TPSA) is 48.0 Å². The Hall–Kier alpha value is -2.69. The summed E-state index contributed by atoms with van der Waals surface area (Å²) in [4.78, 5) is 15.1. The summed E-state index contributed by atoms with van der Waals surface area (Å²) >= 11 is 0. The Morgan fingerprint density at radius 1 is 0.960 bits per heavy atom. The molecule has 25 heavy (non-hydrogen) atoms. The van der Waals surface area contributed by atoms with Crippen LogP contribution in [0.4, 0.5) is 0 Å².